The van der Waals surface area contributed by atoms with Gasteiger partial charge in [0.15, 0.2) is 0 Å². The molecule has 2 rings (SSSR count). The van der Waals surface area contributed by atoms with E-state index in [-0.39, 0.29) is 11.4 Å². The standard InChI is InChI=1S/C9H12N2O4S/c12-8(13)9(2-3-9)6-11-16(14,15)7-1-4-10-5-7/h1,4-5,10-11H,2-3,6H2,(H,12,13). The molecule has 1 aromatic heterocycles. The second-order valence-corrected chi connectivity index (χ2v) is 5.72. The number of carboxylic acids is 1. The van der Waals surface area contributed by atoms with E-state index in [1.165, 1.54) is 18.5 Å². The molecule has 1 aliphatic carbocycles. The highest BCUT2D eigenvalue weighted by Gasteiger charge is 2.50. The first kappa shape index (κ1) is 11.2. The fourth-order valence-corrected chi connectivity index (χ4v) is 2.51. The van der Waals surface area contributed by atoms with E-state index in [1.807, 2.05) is 0 Å². The van der Waals surface area contributed by atoms with Crippen molar-refractivity contribution in [2.45, 2.75) is 17.7 Å². The Kier molecular flexibility index (Phi) is 2.51. The van der Waals surface area contributed by atoms with E-state index in [2.05, 4.69) is 9.71 Å². The molecule has 0 aromatic carbocycles. The largest absolute Gasteiger partial charge is 0.481 e. The Morgan fingerprint density at radius 2 is 2.25 bits per heavy atom. The van der Waals surface area contributed by atoms with E-state index in [4.69, 9.17) is 5.11 Å². The van der Waals surface area contributed by atoms with Crippen LogP contribution in [0.2, 0.25) is 0 Å². The predicted octanol–water partition coefficient (Wildman–Crippen LogP) is 0.158. The predicted molar refractivity (Wildman–Crippen MR) is 55.3 cm³/mol. The first-order valence-corrected chi connectivity index (χ1v) is 6.30. The molecule has 0 saturated heterocycles. The van der Waals surface area contributed by atoms with Crippen LogP contribution in [0.1, 0.15) is 12.8 Å². The lowest BCUT2D eigenvalue weighted by molar-refractivity contribution is -0.143. The quantitative estimate of drug-likeness (QED) is 0.686. The van der Waals surface area contributed by atoms with Gasteiger partial charge in [0.2, 0.25) is 10.0 Å². The smallest absolute Gasteiger partial charge is 0.310 e. The molecule has 1 heterocycles. The van der Waals surface area contributed by atoms with Crippen LogP contribution in [0, 0.1) is 5.41 Å². The molecule has 0 bridgehead atoms. The maximum absolute atomic E-state index is 11.7. The van der Waals surface area contributed by atoms with Gasteiger partial charge in [0.25, 0.3) is 0 Å². The summed E-state index contributed by atoms with van der Waals surface area (Å²) in [6, 6.07) is 1.42. The molecule has 6 nitrogen and oxygen atoms in total. The fraction of sp³-hybridized carbons (Fsp3) is 0.444. The zero-order valence-corrected chi connectivity index (χ0v) is 9.25. The minimum atomic E-state index is -3.59. The van der Waals surface area contributed by atoms with Crippen molar-refractivity contribution in [1.29, 1.82) is 0 Å². The average Bonchev–Trinajstić information content (AvgIpc) is 2.80. The van der Waals surface area contributed by atoms with E-state index < -0.39 is 21.4 Å². The summed E-state index contributed by atoms with van der Waals surface area (Å²) in [6.07, 6.45) is 3.90. The van der Waals surface area contributed by atoms with Crippen LogP contribution in [0.4, 0.5) is 0 Å². The van der Waals surface area contributed by atoms with Crippen molar-refractivity contribution in [3.63, 3.8) is 0 Å². The molecular formula is C9H12N2O4S. The third kappa shape index (κ3) is 1.96. The summed E-state index contributed by atoms with van der Waals surface area (Å²) in [5.41, 5.74) is -0.886. The topological polar surface area (TPSA) is 99.3 Å². The third-order valence-electron chi connectivity index (χ3n) is 2.79. The van der Waals surface area contributed by atoms with Gasteiger partial charge in [-0.3, -0.25) is 4.79 Å². The summed E-state index contributed by atoms with van der Waals surface area (Å²) in [6.45, 7) is -0.0458. The van der Waals surface area contributed by atoms with E-state index in [1.54, 1.807) is 0 Å². The Morgan fingerprint density at radius 3 is 2.69 bits per heavy atom. The summed E-state index contributed by atoms with van der Waals surface area (Å²) in [4.78, 5) is 13.6. The van der Waals surface area contributed by atoms with Crippen molar-refractivity contribution in [3.05, 3.63) is 18.5 Å². The van der Waals surface area contributed by atoms with Gasteiger partial charge in [0, 0.05) is 18.9 Å². The molecule has 1 fully saturated rings. The van der Waals surface area contributed by atoms with Crippen molar-refractivity contribution < 1.29 is 18.3 Å². The molecule has 0 aliphatic heterocycles. The van der Waals surface area contributed by atoms with Gasteiger partial charge in [-0.1, -0.05) is 0 Å². The molecular weight excluding hydrogens is 232 g/mol. The van der Waals surface area contributed by atoms with E-state index >= 15 is 0 Å². The van der Waals surface area contributed by atoms with E-state index in [9.17, 15) is 13.2 Å². The minimum absolute atomic E-state index is 0.0458. The van der Waals surface area contributed by atoms with Gasteiger partial charge in [-0.05, 0) is 18.9 Å². The van der Waals surface area contributed by atoms with Crippen LogP contribution in [-0.2, 0) is 14.8 Å². The molecule has 0 unspecified atom stereocenters. The average molecular weight is 244 g/mol. The summed E-state index contributed by atoms with van der Waals surface area (Å²) < 4.78 is 25.6. The highest BCUT2D eigenvalue weighted by molar-refractivity contribution is 7.89. The minimum Gasteiger partial charge on any atom is -0.481 e. The van der Waals surface area contributed by atoms with Crippen LogP contribution in [0.25, 0.3) is 0 Å². The van der Waals surface area contributed by atoms with Crippen LogP contribution in [0.3, 0.4) is 0 Å². The fourth-order valence-electron chi connectivity index (χ4n) is 1.41. The maximum atomic E-state index is 11.7. The second-order valence-electron chi connectivity index (χ2n) is 3.96. The van der Waals surface area contributed by atoms with Gasteiger partial charge in [0.1, 0.15) is 0 Å². The lowest BCUT2D eigenvalue weighted by Crippen LogP contribution is -2.34. The van der Waals surface area contributed by atoms with Gasteiger partial charge < -0.3 is 10.1 Å². The number of sulfonamides is 1. The summed E-state index contributed by atoms with van der Waals surface area (Å²) in [7, 11) is -3.59. The number of carboxylic acid groups (broad SMARTS) is 1. The number of rotatable bonds is 5. The molecule has 0 atom stereocenters. The zero-order valence-electron chi connectivity index (χ0n) is 8.43. The summed E-state index contributed by atoms with van der Waals surface area (Å²) in [5, 5.41) is 8.89. The number of aliphatic carboxylic acids is 1. The van der Waals surface area contributed by atoms with Crippen LogP contribution in [-0.4, -0.2) is 31.0 Å². The lowest BCUT2D eigenvalue weighted by Gasteiger charge is -2.10. The summed E-state index contributed by atoms with van der Waals surface area (Å²) in [5.74, 6) is -0.940. The Labute approximate surface area is 92.7 Å². The van der Waals surface area contributed by atoms with Gasteiger partial charge in [-0.2, -0.15) is 0 Å². The molecule has 1 saturated carbocycles. The van der Waals surface area contributed by atoms with Crippen molar-refractivity contribution in [1.82, 2.24) is 9.71 Å². The van der Waals surface area contributed by atoms with Crippen molar-refractivity contribution in [3.8, 4) is 0 Å². The molecule has 16 heavy (non-hydrogen) atoms. The van der Waals surface area contributed by atoms with Crippen molar-refractivity contribution in [2.24, 2.45) is 5.41 Å². The molecule has 88 valence electrons. The monoisotopic (exact) mass is 244 g/mol. The second kappa shape index (κ2) is 3.60. The molecule has 1 aromatic rings. The molecule has 0 amide bonds. The number of hydrogen-bond acceptors (Lipinski definition) is 3. The van der Waals surface area contributed by atoms with Crippen LogP contribution in [0.15, 0.2) is 23.4 Å². The Bertz CT molecular complexity index is 488. The zero-order chi connectivity index (χ0) is 11.8. The highest BCUT2D eigenvalue weighted by atomic mass is 32.2. The van der Waals surface area contributed by atoms with Gasteiger partial charge in [-0.25, -0.2) is 13.1 Å². The Hall–Kier alpha value is -1.34. The SMILES string of the molecule is O=C(O)C1(CNS(=O)(=O)c2cc[nH]c2)CC1. The number of hydrogen-bond donors (Lipinski definition) is 3. The van der Waals surface area contributed by atoms with Crippen molar-refractivity contribution >= 4 is 16.0 Å². The maximum Gasteiger partial charge on any atom is 0.310 e. The number of aromatic amines is 1. The normalized spacial score (nSPS) is 18.2. The number of H-pyrrole nitrogens is 1. The van der Waals surface area contributed by atoms with Crippen LogP contribution in [0.5, 0.6) is 0 Å². The van der Waals surface area contributed by atoms with Crippen LogP contribution >= 0.6 is 0 Å². The Balaban J connectivity index is 2.04. The molecule has 7 heteroatoms. The van der Waals surface area contributed by atoms with E-state index in [0.717, 1.165) is 0 Å². The van der Waals surface area contributed by atoms with Gasteiger partial charge >= 0.3 is 5.97 Å². The highest BCUT2D eigenvalue weighted by Crippen LogP contribution is 2.45. The lowest BCUT2D eigenvalue weighted by atomic mass is 10.1. The van der Waals surface area contributed by atoms with Gasteiger partial charge in [-0.15, -0.1) is 0 Å². The summed E-state index contributed by atoms with van der Waals surface area (Å²) >= 11 is 0. The molecule has 0 spiro atoms. The first-order valence-electron chi connectivity index (χ1n) is 4.82. The van der Waals surface area contributed by atoms with Crippen LogP contribution < -0.4 is 4.72 Å². The molecule has 3 N–H and O–H groups in total. The Morgan fingerprint density at radius 1 is 1.56 bits per heavy atom. The van der Waals surface area contributed by atoms with Crippen molar-refractivity contribution in [2.75, 3.05) is 6.54 Å². The third-order valence-corrected chi connectivity index (χ3v) is 4.19. The number of nitrogens with one attached hydrogen (secondary N) is 2. The number of aromatic nitrogens is 1. The van der Waals surface area contributed by atoms with E-state index in [0.29, 0.717) is 12.8 Å². The molecule has 0 radical (unpaired) electrons. The first-order chi connectivity index (χ1) is 7.46. The molecule has 1 aliphatic rings. The van der Waals surface area contributed by atoms with Gasteiger partial charge in [0.05, 0.1) is 10.3 Å². The number of carbonyl (C=O) groups is 1.